The number of thioether (sulfide) groups is 1. The molecule has 1 aliphatic heterocycles. The summed E-state index contributed by atoms with van der Waals surface area (Å²) >= 11 is 1.52. The van der Waals surface area contributed by atoms with Crippen molar-refractivity contribution >= 4 is 29.3 Å². The van der Waals surface area contributed by atoms with Crippen molar-refractivity contribution in [3.8, 4) is 0 Å². The fraction of sp³-hybridized carbons (Fsp3) is 0.320. The zero-order valence-electron chi connectivity index (χ0n) is 18.5. The summed E-state index contributed by atoms with van der Waals surface area (Å²) in [6.45, 7) is 5.51. The average molecular weight is 451 g/mol. The zero-order chi connectivity index (χ0) is 22.7. The van der Waals surface area contributed by atoms with Gasteiger partial charge in [0.25, 0.3) is 5.91 Å². The van der Waals surface area contributed by atoms with Crippen LogP contribution < -0.4 is 4.90 Å². The Balaban J connectivity index is 1.43. The lowest BCUT2D eigenvalue weighted by molar-refractivity contribution is -0.122. The van der Waals surface area contributed by atoms with E-state index in [1.807, 2.05) is 57.2 Å². The smallest absolute Gasteiger partial charge is 0.339 e. The number of hydrogen-bond acceptors (Lipinski definition) is 6. The van der Waals surface area contributed by atoms with Gasteiger partial charge in [0, 0.05) is 27.9 Å². The maximum atomic E-state index is 13.0. The fourth-order valence-corrected chi connectivity index (χ4v) is 5.16. The van der Waals surface area contributed by atoms with Crippen molar-refractivity contribution in [2.45, 2.75) is 50.3 Å². The molecular formula is C25H26N2O4S. The molecule has 2 heterocycles. The van der Waals surface area contributed by atoms with E-state index in [4.69, 9.17) is 9.26 Å². The second-order valence-corrected chi connectivity index (χ2v) is 8.96. The van der Waals surface area contributed by atoms with E-state index in [2.05, 4.69) is 5.16 Å². The number of esters is 1. The van der Waals surface area contributed by atoms with Crippen molar-refractivity contribution in [2.24, 2.45) is 0 Å². The molecule has 0 radical (unpaired) electrons. The molecule has 6 nitrogen and oxygen atoms in total. The Kier molecular flexibility index (Phi) is 6.65. The van der Waals surface area contributed by atoms with E-state index in [0.717, 1.165) is 46.0 Å². The van der Waals surface area contributed by atoms with Crippen LogP contribution in [-0.2, 0) is 21.7 Å². The number of carbonyl (C=O) groups is 2. The molecule has 2 aromatic carbocycles. The van der Waals surface area contributed by atoms with Crippen molar-refractivity contribution in [3.05, 3.63) is 76.7 Å². The number of aromatic nitrogens is 1. The number of para-hydroxylation sites is 1. The maximum Gasteiger partial charge on any atom is 0.339 e. The Hall–Kier alpha value is -3.06. The number of fused-ring (bicyclic) bond motifs is 1. The molecule has 166 valence electrons. The van der Waals surface area contributed by atoms with Gasteiger partial charge in [-0.2, -0.15) is 0 Å². The number of anilines is 1. The molecule has 1 atom stereocenters. The van der Waals surface area contributed by atoms with Gasteiger partial charge >= 0.3 is 5.97 Å². The van der Waals surface area contributed by atoms with Crippen LogP contribution in [0.25, 0.3) is 0 Å². The monoisotopic (exact) mass is 450 g/mol. The number of benzene rings is 2. The zero-order valence-corrected chi connectivity index (χ0v) is 19.3. The number of carbonyl (C=O) groups excluding carboxylic acids is 2. The SMILES string of the molecule is Cc1noc(C)c1CSc1ccccc1C(=O)OCC(=O)N1c2ccccc2CCC1C. The standard InChI is InChI=1S/C25H26N2O4S/c1-16-12-13-19-8-4-6-10-22(19)27(16)24(28)14-30-25(29)20-9-5-7-11-23(20)32-15-21-17(2)26-31-18(21)3/h4-11,16H,12-15H2,1-3H3. The Labute approximate surface area is 191 Å². The van der Waals surface area contributed by atoms with E-state index < -0.39 is 5.97 Å². The Bertz CT molecular complexity index is 1120. The molecule has 3 aromatic rings. The Morgan fingerprint density at radius 2 is 1.91 bits per heavy atom. The summed E-state index contributed by atoms with van der Waals surface area (Å²) in [5.41, 5.74) is 4.36. The highest BCUT2D eigenvalue weighted by molar-refractivity contribution is 7.98. The summed E-state index contributed by atoms with van der Waals surface area (Å²) in [4.78, 5) is 28.4. The van der Waals surface area contributed by atoms with Gasteiger partial charge in [-0.05, 0) is 57.4 Å². The third-order valence-electron chi connectivity index (χ3n) is 5.78. The van der Waals surface area contributed by atoms with Crippen LogP contribution in [0, 0.1) is 13.8 Å². The topological polar surface area (TPSA) is 72.6 Å². The summed E-state index contributed by atoms with van der Waals surface area (Å²) in [5.74, 6) is 0.695. The number of rotatable bonds is 6. The van der Waals surface area contributed by atoms with Crippen molar-refractivity contribution in [1.82, 2.24) is 5.16 Å². The lowest BCUT2D eigenvalue weighted by atomic mass is 9.96. The van der Waals surface area contributed by atoms with Crippen LogP contribution >= 0.6 is 11.8 Å². The van der Waals surface area contributed by atoms with Gasteiger partial charge in [-0.3, -0.25) is 4.79 Å². The summed E-state index contributed by atoms with van der Waals surface area (Å²) in [6, 6.07) is 15.2. The van der Waals surface area contributed by atoms with Gasteiger partial charge in [-0.25, -0.2) is 4.79 Å². The minimum absolute atomic E-state index is 0.0639. The Morgan fingerprint density at radius 1 is 1.16 bits per heavy atom. The summed E-state index contributed by atoms with van der Waals surface area (Å²) in [7, 11) is 0. The van der Waals surface area contributed by atoms with Gasteiger partial charge < -0.3 is 14.2 Å². The minimum Gasteiger partial charge on any atom is -0.452 e. The first kappa shape index (κ1) is 22.1. The average Bonchev–Trinajstić information content (AvgIpc) is 3.13. The molecule has 7 heteroatoms. The van der Waals surface area contributed by atoms with Crippen LogP contribution in [-0.4, -0.2) is 29.7 Å². The second-order valence-electron chi connectivity index (χ2n) is 7.94. The normalized spacial score (nSPS) is 15.3. The van der Waals surface area contributed by atoms with E-state index >= 15 is 0 Å². The molecular weight excluding hydrogens is 424 g/mol. The fourth-order valence-electron chi connectivity index (χ4n) is 3.96. The summed E-state index contributed by atoms with van der Waals surface area (Å²) in [6.07, 6.45) is 1.83. The molecule has 1 amide bonds. The van der Waals surface area contributed by atoms with Crippen LogP contribution in [0.4, 0.5) is 5.69 Å². The first-order valence-corrected chi connectivity index (χ1v) is 11.6. The van der Waals surface area contributed by atoms with E-state index in [9.17, 15) is 9.59 Å². The number of amides is 1. The van der Waals surface area contributed by atoms with Crippen LogP contribution in [0.3, 0.4) is 0 Å². The second kappa shape index (κ2) is 9.61. The molecule has 0 saturated carbocycles. The molecule has 4 rings (SSSR count). The third-order valence-corrected chi connectivity index (χ3v) is 6.88. The number of ether oxygens (including phenoxy) is 1. The van der Waals surface area contributed by atoms with E-state index in [1.54, 1.807) is 17.0 Å². The first-order chi connectivity index (χ1) is 15.5. The highest BCUT2D eigenvalue weighted by Gasteiger charge is 2.28. The molecule has 1 aromatic heterocycles. The molecule has 0 fully saturated rings. The van der Waals surface area contributed by atoms with E-state index in [0.29, 0.717) is 11.3 Å². The van der Waals surface area contributed by atoms with Gasteiger partial charge in [0.15, 0.2) is 6.61 Å². The van der Waals surface area contributed by atoms with Gasteiger partial charge in [0.2, 0.25) is 0 Å². The quantitative estimate of drug-likeness (QED) is 0.384. The summed E-state index contributed by atoms with van der Waals surface area (Å²) in [5, 5.41) is 3.98. The molecule has 0 N–H and O–H groups in total. The molecule has 1 aliphatic rings. The van der Waals surface area contributed by atoms with Gasteiger partial charge in [0.05, 0.1) is 11.3 Å². The molecule has 0 saturated heterocycles. The lowest BCUT2D eigenvalue weighted by Gasteiger charge is -2.35. The number of aryl methyl sites for hydroxylation is 3. The van der Waals surface area contributed by atoms with E-state index in [-0.39, 0.29) is 18.6 Å². The first-order valence-electron chi connectivity index (χ1n) is 10.7. The van der Waals surface area contributed by atoms with Crippen molar-refractivity contribution in [1.29, 1.82) is 0 Å². The lowest BCUT2D eigenvalue weighted by Crippen LogP contribution is -2.44. The van der Waals surface area contributed by atoms with Crippen LogP contribution in [0.1, 0.15) is 46.3 Å². The van der Waals surface area contributed by atoms with Crippen molar-refractivity contribution in [2.75, 3.05) is 11.5 Å². The Morgan fingerprint density at radius 3 is 2.69 bits per heavy atom. The summed E-state index contributed by atoms with van der Waals surface area (Å²) < 4.78 is 10.7. The van der Waals surface area contributed by atoms with E-state index in [1.165, 1.54) is 11.8 Å². The van der Waals surface area contributed by atoms with Crippen LogP contribution in [0.5, 0.6) is 0 Å². The van der Waals surface area contributed by atoms with Gasteiger partial charge in [0.1, 0.15) is 5.76 Å². The highest BCUT2D eigenvalue weighted by Crippen LogP contribution is 2.31. The predicted octanol–water partition coefficient (Wildman–Crippen LogP) is 5.11. The maximum absolute atomic E-state index is 13.0. The molecule has 0 spiro atoms. The highest BCUT2D eigenvalue weighted by atomic mass is 32.2. The van der Waals surface area contributed by atoms with Crippen LogP contribution in [0.15, 0.2) is 57.9 Å². The van der Waals surface area contributed by atoms with Gasteiger partial charge in [-0.1, -0.05) is 35.5 Å². The van der Waals surface area contributed by atoms with Crippen LogP contribution in [0.2, 0.25) is 0 Å². The predicted molar refractivity (Wildman–Crippen MR) is 124 cm³/mol. The van der Waals surface area contributed by atoms with Gasteiger partial charge in [-0.15, -0.1) is 11.8 Å². The number of nitrogens with zero attached hydrogens (tertiary/aromatic N) is 2. The third kappa shape index (κ3) is 4.58. The largest absolute Gasteiger partial charge is 0.452 e. The molecule has 32 heavy (non-hydrogen) atoms. The minimum atomic E-state index is -0.502. The molecule has 0 bridgehead atoms. The molecule has 1 unspecified atom stereocenters. The van der Waals surface area contributed by atoms with Crippen molar-refractivity contribution in [3.63, 3.8) is 0 Å². The number of hydrogen-bond donors (Lipinski definition) is 0. The van der Waals surface area contributed by atoms with Crippen molar-refractivity contribution < 1.29 is 18.8 Å². The molecule has 0 aliphatic carbocycles.